The van der Waals surface area contributed by atoms with E-state index in [-0.39, 0.29) is 0 Å². The smallest absolute Gasteiger partial charge is 0.240 e. The minimum atomic E-state index is 0.532. The number of para-hydroxylation sites is 1. The highest BCUT2D eigenvalue weighted by Gasteiger charge is 2.08. The first-order valence-corrected chi connectivity index (χ1v) is 7.05. The van der Waals surface area contributed by atoms with E-state index in [1.54, 1.807) is 0 Å². The molecule has 0 fully saturated rings. The summed E-state index contributed by atoms with van der Waals surface area (Å²) in [7, 11) is 0. The number of benzene rings is 1. The van der Waals surface area contributed by atoms with Gasteiger partial charge >= 0.3 is 0 Å². The van der Waals surface area contributed by atoms with E-state index < -0.39 is 0 Å². The van der Waals surface area contributed by atoms with Gasteiger partial charge < -0.3 is 10.1 Å². The molecule has 108 valence electrons. The van der Waals surface area contributed by atoms with Gasteiger partial charge in [-0.1, -0.05) is 25.1 Å². The molecule has 5 nitrogen and oxygen atoms in total. The molecular weight excluding hydrogens is 264 g/mol. The highest BCUT2D eigenvalue weighted by molar-refractivity contribution is 5.82. The number of aryl methyl sites for hydroxylation is 1. The van der Waals surface area contributed by atoms with Gasteiger partial charge in [-0.3, -0.25) is 5.10 Å². The van der Waals surface area contributed by atoms with Crippen molar-refractivity contribution in [2.24, 2.45) is 0 Å². The Morgan fingerprint density at radius 2 is 2.05 bits per heavy atom. The zero-order valence-corrected chi connectivity index (χ0v) is 12.2. The van der Waals surface area contributed by atoms with Crippen LogP contribution in [-0.4, -0.2) is 21.7 Å². The Labute approximate surface area is 123 Å². The molecule has 0 radical (unpaired) electrons. The van der Waals surface area contributed by atoms with Gasteiger partial charge in [0.05, 0.1) is 5.52 Å². The number of nitrogens with zero attached hydrogens (tertiary/aromatic N) is 2. The first-order chi connectivity index (χ1) is 10.3. The van der Waals surface area contributed by atoms with Crippen molar-refractivity contribution < 1.29 is 4.74 Å². The first kappa shape index (κ1) is 13.6. The van der Waals surface area contributed by atoms with Gasteiger partial charge in [0.2, 0.25) is 11.8 Å². The van der Waals surface area contributed by atoms with Crippen molar-refractivity contribution in [1.29, 1.82) is 0 Å². The molecule has 3 aromatic rings. The van der Waals surface area contributed by atoms with Gasteiger partial charge in [-0.2, -0.15) is 0 Å². The number of aromatic amines is 1. The quantitative estimate of drug-likeness (QED) is 0.754. The van der Waals surface area contributed by atoms with Crippen molar-refractivity contribution >= 4 is 10.9 Å². The van der Waals surface area contributed by atoms with Crippen LogP contribution in [0, 0.1) is 6.92 Å². The Bertz CT molecular complexity index is 751. The molecule has 2 N–H and O–H groups in total. The van der Waals surface area contributed by atoms with Crippen LogP contribution in [0.25, 0.3) is 10.9 Å². The number of aromatic nitrogens is 3. The van der Waals surface area contributed by atoms with E-state index in [9.17, 15) is 0 Å². The molecule has 3 rings (SSSR count). The summed E-state index contributed by atoms with van der Waals surface area (Å²) >= 11 is 0. The zero-order chi connectivity index (χ0) is 14.7. The second kappa shape index (κ2) is 5.93. The van der Waals surface area contributed by atoms with E-state index in [2.05, 4.69) is 33.5 Å². The molecule has 0 atom stereocenters. The van der Waals surface area contributed by atoms with Crippen LogP contribution in [0.5, 0.6) is 11.8 Å². The Morgan fingerprint density at radius 3 is 2.81 bits per heavy atom. The van der Waals surface area contributed by atoms with Gasteiger partial charge in [-0.05, 0) is 25.1 Å². The molecule has 0 aliphatic rings. The molecule has 0 saturated heterocycles. The molecule has 0 unspecified atom stereocenters. The number of ether oxygens (including phenoxy) is 1. The van der Waals surface area contributed by atoms with Crippen molar-refractivity contribution in [1.82, 2.24) is 20.5 Å². The maximum absolute atomic E-state index is 5.75. The third-order valence-electron chi connectivity index (χ3n) is 3.24. The van der Waals surface area contributed by atoms with Gasteiger partial charge in [0.15, 0.2) is 0 Å². The number of nitrogens with one attached hydrogen (secondary N) is 2. The van der Waals surface area contributed by atoms with Crippen LogP contribution < -0.4 is 10.1 Å². The molecule has 2 heterocycles. The van der Waals surface area contributed by atoms with Crippen LogP contribution >= 0.6 is 0 Å². The standard InChI is InChI=1S/C16H18N4O/c1-3-17-10-12-9-15(21-16-8-11(2)19-20-16)18-14-7-5-4-6-13(12)14/h4-9,17H,3,10H2,1-2H3,(H,19,20). The minimum absolute atomic E-state index is 0.532. The second-order valence-corrected chi connectivity index (χ2v) is 4.91. The van der Waals surface area contributed by atoms with Gasteiger partial charge in [-0.25, -0.2) is 4.98 Å². The maximum Gasteiger partial charge on any atom is 0.240 e. The largest absolute Gasteiger partial charge is 0.419 e. The van der Waals surface area contributed by atoms with Crippen LogP contribution in [0.2, 0.25) is 0 Å². The normalized spacial score (nSPS) is 11.0. The van der Waals surface area contributed by atoms with Crippen LogP contribution in [0.1, 0.15) is 18.2 Å². The highest BCUT2D eigenvalue weighted by Crippen LogP contribution is 2.25. The molecule has 1 aromatic carbocycles. The minimum Gasteiger partial charge on any atom is -0.419 e. The van der Waals surface area contributed by atoms with Crippen molar-refractivity contribution in [2.45, 2.75) is 20.4 Å². The van der Waals surface area contributed by atoms with E-state index in [0.717, 1.165) is 29.7 Å². The highest BCUT2D eigenvalue weighted by atomic mass is 16.5. The number of rotatable bonds is 5. The molecule has 0 amide bonds. The maximum atomic E-state index is 5.75. The van der Waals surface area contributed by atoms with E-state index in [1.165, 1.54) is 5.56 Å². The Balaban J connectivity index is 1.98. The molecule has 0 spiro atoms. The summed E-state index contributed by atoms with van der Waals surface area (Å²) in [6, 6.07) is 11.9. The number of pyridine rings is 1. The summed E-state index contributed by atoms with van der Waals surface area (Å²) in [6.07, 6.45) is 0. The second-order valence-electron chi connectivity index (χ2n) is 4.91. The van der Waals surface area contributed by atoms with Gasteiger partial charge in [0.1, 0.15) is 0 Å². The molecular formula is C16H18N4O. The Morgan fingerprint density at radius 1 is 1.19 bits per heavy atom. The van der Waals surface area contributed by atoms with Gasteiger partial charge in [0.25, 0.3) is 0 Å². The summed E-state index contributed by atoms with van der Waals surface area (Å²) in [4.78, 5) is 4.54. The Kier molecular flexibility index (Phi) is 3.83. The fourth-order valence-corrected chi connectivity index (χ4v) is 2.23. The molecule has 0 aliphatic carbocycles. The van der Waals surface area contributed by atoms with Crippen molar-refractivity contribution in [2.75, 3.05) is 6.54 Å². The average Bonchev–Trinajstić information content (AvgIpc) is 2.90. The average molecular weight is 282 g/mol. The topological polar surface area (TPSA) is 62.8 Å². The van der Waals surface area contributed by atoms with Crippen molar-refractivity contribution in [3.63, 3.8) is 0 Å². The third kappa shape index (κ3) is 3.03. The van der Waals surface area contributed by atoms with E-state index in [0.29, 0.717) is 11.8 Å². The van der Waals surface area contributed by atoms with Crippen LogP contribution in [0.4, 0.5) is 0 Å². The third-order valence-corrected chi connectivity index (χ3v) is 3.24. The van der Waals surface area contributed by atoms with Gasteiger partial charge in [-0.15, -0.1) is 5.10 Å². The summed E-state index contributed by atoms with van der Waals surface area (Å²) in [6.45, 7) is 5.73. The fraction of sp³-hybridized carbons (Fsp3) is 0.250. The molecule has 5 heteroatoms. The number of hydrogen-bond acceptors (Lipinski definition) is 4. The number of fused-ring (bicyclic) bond motifs is 1. The SMILES string of the molecule is CCNCc1cc(Oc2cc(C)[nH]n2)nc2ccccc12. The molecule has 0 aliphatic heterocycles. The fourth-order valence-electron chi connectivity index (χ4n) is 2.23. The summed E-state index contributed by atoms with van der Waals surface area (Å²) < 4.78 is 5.75. The lowest BCUT2D eigenvalue weighted by Gasteiger charge is -2.09. The van der Waals surface area contributed by atoms with Crippen LogP contribution in [0.15, 0.2) is 36.4 Å². The number of H-pyrrole nitrogens is 1. The zero-order valence-electron chi connectivity index (χ0n) is 12.2. The number of hydrogen-bond donors (Lipinski definition) is 2. The van der Waals surface area contributed by atoms with Gasteiger partial charge in [0, 0.05) is 29.8 Å². The first-order valence-electron chi connectivity index (χ1n) is 7.05. The lowest BCUT2D eigenvalue weighted by molar-refractivity contribution is 0.444. The molecule has 0 bridgehead atoms. The Hall–Kier alpha value is -2.40. The van der Waals surface area contributed by atoms with Crippen molar-refractivity contribution in [3.8, 4) is 11.8 Å². The lowest BCUT2D eigenvalue weighted by atomic mass is 10.1. The van der Waals surface area contributed by atoms with E-state index in [4.69, 9.17) is 4.74 Å². The monoisotopic (exact) mass is 282 g/mol. The predicted octanol–water partition coefficient (Wildman–Crippen LogP) is 3.17. The summed E-state index contributed by atoms with van der Waals surface area (Å²) in [5, 5.41) is 11.4. The van der Waals surface area contributed by atoms with E-state index >= 15 is 0 Å². The summed E-state index contributed by atoms with van der Waals surface area (Å²) in [5.41, 5.74) is 3.05. The van der Waals surface area contributed by atoms with Crippen LogP contribution in [0.3, 0.4) is 0 Å². The van der Waals surface area contributed by atoms with Crippen molar-refractivity contribution in [3.05, 3.63) is 47.7 Å². The van der Waals surface area contributed by atoms with Crippen LogP contribution in [-0.2, 0) is 6.54 Å². The molecule has 0 saturated carbocycles. The van der Waals surface area contributed by atoms with E-state index in [1.807, 2.05) is 37.3 Å². The molecule has 2 aromatic heterocycles. The molecule has 21 heavy (non-hydrogen) atoms. The summed E-state index contributed by atoms with van der Waals surface area (Å²) in [5.74, 6) is 1.10. The lowest BCUT2D eigenvalue weighted by Crippen LogP contribution is -2.12. The predicted molar refractivity (Wildman–Crippen MR) is 82.5 cm³/mol.